The van der Waals surface area contributed by atoms with Crippen molar-refractivity contribution in [1.82, 2.24) is 15.5 Å². The zero-order chi connectivity index (χ0) is 14.7. The molecule has 3 rings (SSSR count). The van der Waals surface area contributed by atoms with Crippen LogP contribution in [0, 0.1) is 0 Å². The van der Waals surface area contributed by atoms with E-state index in [2.05, 4.69) is 31.4 Å². The smallest absolute Gasteiger partial charge is 0.288 e. The van der Waals surface area contributed by atoms with E-state index in [-0.39, 0.29) is 11.7 Å². The predicted octanol–water partition coefficient (Wildman–Crippen LogP) is 3.36. The lowest BCUT2D eigenvalue weighted by atomic mass is 10.1. The van der Waals surface area contributed by atoms with Gasteiger partial charge in [-0.2, -0.15) is 5.10 Å². The second kappa shape index (κ2) is 5.97. The third kappa shape index (κ3) is 3.05. The van der Waals surface area contributed by atoms with Crippen molar-refractivity contribution >= 4 is 21.8 Å². The number of aromatic amines is 1. The Balaban J connectivity index is 1.64. The molecule has 6 heteroatoms. The molecule has 5 nitrogen and oxygen atoms in total. The first-order chi connectivity index (χ1) is 10.2. The van der Waals surface area contributed by atoms with E-state index in [4.69, 9.17) is 4.42 Å². The van der Waals surface area contributed by atoms with E-state index in [1.165, 1.54) is 6.26 Å². The monoisotopic (exact) mass is 345 g/mol. The highest BCUT2D eigenvalue weighted by Crippen LogP contribution is 2.18. The maximum absolute atomic E-state index is 11.9. The maximum Gasteiger partial charge on any atom is 0.288 e. The van der Waals surface area contributed by atoms with Crippen molar-refractivity contribution in [3.63, 3.8) is 0 Å². The largest absolute Gasteiger partial charge is 0.458 e. The lowest BCUT2D eigenvalue weighted by Crippen LogP contribution is -2.22. The van der Waals surface area contributed by atoms with E-state index in [1.807, 2.05) is 30.3 Å². The molecule has 0 saturated carbocycles. The van der Waals surface area contributed by atoms with Gasteiger partial charge in [0.05, 0.1) is 16.4 Å². The van der Waals surface area contributed by atoms with Crippen molar-refractivity contribution in [1.29, 1.82) is 0 Å². The van der Waals surface area contributed by atoms with Gasteiger partial charge in [-0.1, -0.05) is 24.3 Å². The lowest BCUT2D eigenvalue weighted by molar-refractivity contribution is 0.0922. The number of amides is 1. The predicted molar refractivity (Wildman–Crippen MR) is 81.6 cm³/mol. The van der Waals surface area contributed by atoms with Gasteiger partial charge < -0.3 is 9.73 Å². The highest BCUT2D eigenvalue weighted by molar-refractivity contribution is 9.10. The molecule has 2 N–H and O–H groups in total. The number of hydrogen-bond acceptors (Lipinski definition) is 3. The molecule has 2 heterocycles. The Morgan fingerprint density at radius 1 is 1.24 bits per heavy atom. The number of carbonyl (C=O) groups excluding carboxylic acids is 1. The fourth-order valence-electron chi connectivity index (χ4n) is 1.94. The molecule has 1 aromatic carbocycles. The highest BCUT2D eigenvalue weighted by Gasteiger charge is 2.12. The second-order valence-corrected chi connectivity index (χ2v) is 5.30. The number of furan rings is 1. The van der Waals surface area contributed by atoms with Crippen LogP contribution in [0.4, 0.5) is 0 Å². The third-order valence-electron chi connectivity index (χ3n) is 3.04. The normalized spacial score (nSPS) is 10.5. The zero-order valence-electron chi connectivity index (χ0n) is 11.0. The Bertz CT molecular complexity index is 733. The molecule has 0 unspecified atom stereocenters. The van der Waals surface area contributed by atoms with Crippen LogP contribution in [-0.4, -0.2) is 16.1 Å². The molecule has 0 aliphatic carbocycles. The molecule has 0 aliphatic rings. The summed E-state index contributed by atoms with van der Waals surface area (Å²) >= 11 is 3.26. The fourth-order valence-corrected chi connectivity index (χ4v) is 2.32. The molecule has 0 bridgehead atoms. The van der Waals surface area contributed by atoms with Crippen molar-refractivity contribution in [2.75, 3.05) is 0 Å². The summed E-state index contributed by atoms with van der Waals surface area (Å²) < 4.78 is 5.76. The topological polar surface area (TPSA) is 70.9 Å². The van der Waals surface area contributed by atoms with Crippen molar-refractivity contribution < 1.29 is 9.21 Å². The standard InChI is InChI=1S/C15H12BrN3O2/c16-12-6-8-21-14(12)15(20)17-9-10-1-3-11(4-2-10)13-5-7-18-19-13/h1-8H,9H2,(H,17,20)(H,18,19). The second-order valence-electron chi connectivity index (χ2n) is 4.45. The quantitative estimate of drug-likeness (QED) is 0.761. The van der Waals surface area contributed by atoms with Crippen LogP contribution in [0.3, 0.4) is 0 Å². The van der Waals surface area contributed by atoms with Gasteiger partial charge in [0.15, 0.2) is 0 Å². The summed E-state index contributed by atoms with van der Waals surface area (Å²) in [5.41, 5.74) is 3.02. The van der Waals surface area contributed by atoms with Crippen molar-refractivity contribution in [3.8, 4) is 11.3 Å². The molecule has 0 radical (unpaired) electrons. The van der Waals surface area contributed by atoms with E-state index >= 15 is 0 Å². The number of nitrogens with zero attached hydrogens (tertiary/aromatic N) is 1. The van der Waals surface area contributed by atoms with Gasteiger partial charge in [-0.25, -0.2) is 0 Å². The summed E-state index contributed by atoms with van der Waals surface area (Å²) in [6.45, 7) is 0.440. The molecule has 21 heavy (non-hydrogen) atoms. The van der Waals surface area contributed by atoms with Crippen molar-refractivity contribution in [2.24, 2.45) is 0 Å². The highest BCUT2D eigenvalue weighted by atomic mass is 79.9. The molecular weight excluding hydrogens is 334 g/mol. The third-order valence-corrected chi connectivity index (χ3v) is 3.67. The van der Waals surface area contributed by atoms with Crippen LogP contribution in [0.5, 0.6) is 0 Å². The summed E-state index contributed by atoms with van der Waals surface area (Å²) in [6, 6.07) is 11.5. The fraction of sp³-hybridized carbons (Fsp3) is 0.0667. The van der Waals surface area contributed by atoms with Crippen LogP contribution < -0.4 is 5.32 Å². The van der Waals surface area contributed by atoms with Gasteiger partial charge in [-0.15, -0.1) is 0 Å². The number of hydrogen-bond donors (Lipinski definition) is 2. The molecule has 0 saturated heterocycles. The Morgan fingerprint density at radius 2 is 2.05 bits per heavy atom. The number of halogens is 1. The lowest BCUT2D eigenvalue weighted by Gasteiger charge is -2.05. The summed E-state index contributed by atoms with van der Waals surface area (Å²) in [5.74, 6) is 0.0357. The number of carbonyl (C=O) groups is 1. The molecule has 1 amide bonds. The summed E-state index contributed by atoms with van der Waals surface area (Å²) in [5, 5.41) is 9.64. The van der Waals surface area contributed by atoms with Crippen LogP contribution in [0.1, 0.15) is 16.1 Å². The first kappa shape index (κ1) is 13.6. The Morgan fingerprint density at radius 3 is 2.67 bits per heavy atom. The first-order valence-electron chi connectivity index (χ1n) is 6.34. The maximum atomic E-state index is 11.9. The van der Waals surface area contributed by atoms with Gasteiger partial charge in [-0.05, 0) is 39.2 Å². The minimum Gasteiger partial charge on any atom is -0.458 e. The van der Waals surface area contributed by atoms with Crippen LogP contribution in [-0.2, 0) is 6.54 Å². The number of rotatable bonds is 4. The Labute approximate surface area is 129 Å². The van der Waals surface area contributed by atoms with E-state index < -0.39 is 0 Å². The average Bonchev–Trinajstić information content (AvgIpc) is 3.16. The van der Waals surface area contributed by atoms with E-state index in [9.17, 15) is 4.79 Å². The molecule has 0 atom stereocenters. The van der Waals surface area contributed by atoms with E-state index in [1.54, 1.807) is 12.3 Å². The van der Waals surface area contributed by atoms with Crippen molar-refractivity contribution in [2.45, 2.75) is 6.54 Å². The first-order valence-corrected chi connectivity index (χ1v) is 7.13. The van der Waals surface area contributed by atoms with Gasteiger partial charge >= 0.3 is 0 Å². The van der Waals surface area contributed by atoms with Gasteiger partial charge in [0.25, 0.3) is 5.91 Å². The van der Waals surface area contributed by atoms with Crippen LogP contribution in [0.25, 0.3) is 11.3 Å². The minimum absolute atomic E-state index is 0.246. The van der Waals surface area contributed by atoms with Gasteiger partial charge in [0, 0.05) is 12.7 Å². The zero-order valence-corrected chi connectivity index (χ0v) is 12.6. The van der Waals surface area contributed by atoms with Gasteiger partial charge in [0.1, 0.15) is 0 Å². The van der Waals surface area contributed by atoms with E-state index in [0.717, 1.165) is 16.8 Å². The average molecular weight is 346 g/mol. The number of nitrogens with one attached hydrogen (secondary N) is 2. The summed E-state index contributed by atoms with van der Waals surface area (Å²) in [7, 11) is 0. The van der Waals surface area contributed by atoms with Crippen LogP contribution >= 0.6 is 15.9 Å². The number of benzene rings is 1. The molecule has 0 fully saturated rings. The SMILES string of the molecule is O=C(NCc1ccc(-c2ccn[nH]2)cc1)c1occc1Br. The number of aromatic nitrogens is 2. The molecule has 3 aromatic rings. The van der Waals surface area contributed by atoms with Gasteiger partial charge in [0.2, 0.25) is 5.76 Å². The summed E-state index contributed by atoms with van der Waals surface area (Å²) in [4.78, 5) is 11.9. The molecule has 106 valence electrons. The molecule has 0 spiro atoms. The summed E-state index contributed by atoms with van der Waals surface area (Å²) in [6.07, 6.45) is 3.18. The van der Waals surface area contributed by atoms with Crippen molar-refractivity contribution in [3.05, 3.63) is 64.7 Å². The minimum atomic E-state index is -0.246. The molecule has 0 aliphatic heterocycles. The Kier molecular flexibility index (Phi) is 3.87. The number of H-pyrrole nitrogens is 1. The van der Waals surface area contributed by atoms with Gasteiger partial charge in [-0.3, -0.25) is 9.89 Å². The van der Waals surface area contributed by atoms with Crippen LogP contribution in [0.15, 0.2) is 57.7 Å². The molecular formula is C15H12BrN3O2. The Hall–Kier alpha value is -2.34. The van der Waals surface area contributed by atoms with Crippen LogP contribution in [0.2, 0.25) is 0 Å². The molecule has 2 aromatic heterocycles. The van der Waals surface area contributed by atoms with E-state index in [0.29, 0.717) is 11.0 Å².